The van der Waals surface area contributed by atoms with Crippen molar-refractivity contribution in [1.82, 2.24) is 14.5 Å². The molecule has 1 aromatic rings. The second kappa shape index (κ2) is 6.76. The molecule has 3 atom stereocenters. The molecule has 2 aliphatic heterocycles. The summed E-state index contributed by atoms with van der Waals surface area (Å²) in [6.45, 7) is 2.38. The Bertz CT molecular complexity index is 668. The predicted octanol–water partition coefficient (Wildman–Crippen LogP) is 0.489. The highest BCUT2D eigenvalue weighted by atomic mass is 35.5. The normalized spacial score (nSPS) is 27.8. The summed E-state index contributed by atoms with van der Waals surface area (Å²) in [5.41, 5.74) is 0. The SMILES string of the molecule is O=C(CCl)NCC1CN(S(=O)(=O)c2ccccc2)C2CCN1C2. The lowest BCUT2D eigenvalue weighted by molar-refractivity contribution is -0.118. The van der Waals surface area contributed by atoms with Crippen molar-refractivity contribution in [2.24, 2.45) is 0 Å². The van der Waals surface area contributed by atoms with E-state index in [1.807, 2.05) is 0 Å². The summed E-state index contributed by atoms with van der Waals surface area (Å²) in [5, 5.41) is 2.76. The Balaban J connectivity index is 1.78. The Hall–Kier alpha value is -1.15. The van der Waals surface area contributed by atoms with E-state index in [-0.39, 0.29) is 23.9 Å². The second-order valence-electron chi connectivity index (χ2n) is 5.92. The predicted molar refractivity (Wildman–Crippen MR) is 87.8 cm³/mol. The first-order chi connectivity index (χ1) is 11.0. The first-order valence-electron chi connectivity index (χ1n) is 7.66. The van der Waals surface area contributed by atoms with Gasteiger partial charge in [-0.05, 0) is 18.6 Å². The van der Waals surface area contributed by atoms with Crippen LogP contribution in [-0.4, -0.2) is 67.7 Å². The topological polar surface area (TPSA) is 69.7 Å². The Labute approximate surface area is 141 Å². The van der Waals surface area contributed by atoms with Crippen LogP contribution < -0.4 is 5.32 Å². The molecule has 0 radical (unpaired) electrons. The van der Waals surface area contributed by atoms with Crippen LogP contribution in [0.3, 0.4) is 0 Å². The summed E-state index contributed by atoms with van der Waals surface area (Å²) < 4.78 is 27.4. The van der Waals surface area contributed by atoms with Crippen molar-refractivity contribution in [3.05, 3.63) is 30.3 Å². The van der Waals surface area contributed by atoms with E-state index in [2.05, 4.69) is 10.2 Å². The number of amides is 1. The largest absolute Gasteiger partial charge is 0.353 e. The second-order valence-corrected chi connectivity index (χ2v) is 8.07. The summed E-state index contributed by atoms with van der Waals surface area (Å²) in [7, 11) is -3.51. The van der Waals surface area contributed by atoms with E-state index in [1.165, 1.54) is 0 Å². The van der Waals surface area contributed by atoms with E-state index in [9.17, 15) is 13.2 Å². The molecule has 0 aliphatic carbocycles. The molecule has 0 saturated carbocycles. The Kier molecular flexibility index (Phi) is 4.91. The first kappa shape index (κ1) is 16.7. The summed E-state index contributed by atoms with van der Waals surface area (Å²) in [6.07, 6.45) is 0.825. The van der Waals surface area contributed by atoms with Crippen LogP contribution in [0.4, 0.5) is 0 Å². The van der Waals surface area contributed by atoms with Crippen LogP contribution in [0.15, 0.2) is 35.2 Å². The van der Waals surface area contributed by atoms with E-state index in [1.54, 1.807) is 34.6 Å². The Morgan fingerprint density at radius 1 is 1.26 bits per heavy atom. The zero-order valence-corrected chi connectivity index (χ0v) is 14.3. The van der Waals surface area contributed by atoms with Crippen LogP contribution in [0.1, 0.15) is 6.42 Å². The van der Waals surface area contributed by atoms with Crippen molar-refractivity contribution < 1.29 is 13.2 Å². The van der Waals surface area contributed by atoms with Gasteiger partial charge in [-0.15, -0.1) is 11.6 Å². The van der Waals surface area contributed by atoms with Crippen molar-refractivity contribution in [2.75, 3.05) is 32.1 Å². The van der Waals surface area contributed by atoms with Crippen LogP contribution in [0.2, 0.25) is 0 Å². The molecule has 2 heterocycles. The van der Waals surface area contributed by atoms with Crippen LogP contribution >= 0.6 is 11.6 Å². The molecule has 2 fully saturated rings. The Morgan fingerprint density at radius 3 is 2.70 bits per heavy atom. The molecule has 1 aromatic carbocycles. The van der Waals surface area contributed by atoms with Crippen LogP contribution in [-0.2, 0) is 14.8 Å². The molecular weight excluding hydrogens is 338 g/mol. The van der Waals surface area contributed by atoms with E-state index < -0.39 is 10.0 Å². The summed E-state index contributed by atoms with van der Waals surface area (Å²) in [6, 6.07) is 8.52. The number of carbonyl (C=O) groups is 1. The van der Waals surface area contributed by atoms with Gasteiger partial charge in [-0.2, -0.15) is 4.31 Å². The lowest BCUT2D eigenvalue weighted by atomic mass is 10.2. The molecule has 3 unspecified atom stereocenters. The molecular formula is C15H20ClN3O3S. The van der Waals surface area contributed by atoms with Crippen molar-refractivity contribution in [2.45, 2.75) is 23.4 Å². The quantitative estimate of drug-likeness (QED) is 0.779. The number of hydrogen-bond acceptors (Lipinski definition) is 4. The number of fused-ring (bicyclic) bond motifs is 2. The lowest BCUT2D eigenvalue weighted by Crippen LogP contribution is -2.57. The number of benzene rings is 1. The third kappa shape index (κ3) is 3.38. The molecule has 2 saturated heterocycles. The average Bonchev–Trinajstić information content (AvgIpc) is 2.98. The minimum Gasteiger partial charge on any atom is -0.353 e. The summed E-state index contributed by atoms with van der Waals surface area (Å²) in [4.78, 5) is 13.9. The third-order valence-electron chi connectivity index (χ3n) is 4.52. The van der Waals surface area contributed by atoms with E-state index >= 15 is 0 Å². The molecule has 0 aromatic heterocycles. The van der Waals surface area contributed by atoms with Crippen LogP contribution in [0.25, 0.3) is 0 Å². The number of nitrogens with one attached hydrogen (secondary N) is 1. The van der Waals surface area contributed by atoms with Gasteiger partial charge >= 0.3 is 0 Å². The van der Waals surface area contributed by atoms with Gasteiger partial charge in [-0.3, -0.25) is 9.69 Å². The maximum atomic E-state index is 12.9. The molecule has 2 bridgehead atoms. The Morgan fingerprint density at radius 2 is 2.00 bits per heavy atom. The van der Waals surface area contributed by atoms with Gasteiger partial charge in [0.1, 0.15) is 5.88 Å². The zero-order valence-electron chi connectivity index (χ0n) is 12.7. The van der Waals surface area contributed by atoms with E-state index in [4.69, 9.17) is 11.6 Å². The standard InChI is InChI=1S/C15H20ClN3O3S/c16-8-15(20)17-9-13-11-19(12-6-7-18(13)10-12)23(21,22)14-4-2-1-3-5-14/h1-5,12-13H,6-11H2,(H,17,20). The van der Waals surface area contributed by atoms with Gasteiger partial charge in [0.15, 0.2) is 0 Å². The van der Waals surface area contributed by atoms with Crippen molar-refractivity contribution >= 4 is 27.5 Å². The molecule has 0 spiro atoms. The molecule has 2 aliphatic rings. The number of nitrogens with zero attached hydrogens (tertiary/aromatic N) is 2. The molecule has 3 rings (SSSR count). The fraction of sp³-hybridized carbons (Fsp3) is 0.533. The van der Waals surface area contributed by atoms with Crippen molar-refractivity contribution in [3.63, 3.8) is 0 Å². The van der Waals surface area contributed by atoms with Crippen molar-refractivity contribution in [3.8, 4) is 0 Å². The number of sulfonamides is 1. The summed E-state index contributed by atoms with van der Waals surface area (Å²) in [5.74, 6) is -0.313. The number of hydrogen-bond donors (Lipinski definition) is 1. The van der Waals surface area contributed by atoms with E-state index in [0.717, 1.165) is 13.0 Å². The highest BCUT2D eigenvalue weighted by Crippen LogP contribution is 2.29. The van der Waals surface area contributed by atoms with Gasteiger partial charge < -0.3 is 5.32 Å². The number of halogens is 1. The number of piperazine rings is 1. The van der Waals surface area contributed by atoms with Crippen LogP contribution in [0, 0.1) is 0 Å². The average molecular weight is 358 g/mol. The maximum Gasteiger partial charge on any atom is 0.243 e. The summed E-state index contributed by atoms with van der Waals surface area (Å²) >= 11 is 5.50. The highest BCUT2D eigenvalue weighted by molar-refractivity contribution is 7.89. The fourth-order valence-corrected chi connectivity index (χ4v) is 5.10. The van der Waals surface area contributed by atoms with Gasteiger partial charge in [0.25, 0.3) is 0 Å². The first-order valence-corrected chi connectivity index (χ1v) is 9.63. The number of rotatable bonds is 5. The number of carbonyl (C=O) groups excluding carboxylic acids is 1. The molecule has 126 valence electrons. The molecule has 8 heteroatoms. The third-order valence-corrected chi connectivity index (χ3v) is 6.69. The van der Waals surface area contributed by atoms with Gasteiger partial charge in [0, 0.05) is 38.3 Å². The maximum absolute atomic E-state index is 12.9. The highest BCUT2D eigenvalue weighted by Gasteiger charge is 2.44. The monoisotopic (exact) mass is 357 g/mol. The van der Waals surface area contributed by atoms with Crippen LogP contribution in [0.5, 0.6) is 0 Å². The molecule has 1 N–H and O–H groups in total. The minimum atomic E-state index is -3.51. The molecule has 23 heavy (non-hydrogen) atoms. The van der Waals surface area contributed by atoms with Gasteiger partial charge in [0.2, 0.25) is 15.9 Å². The minimum absolute atomic E-state index is 0.0141. The van der Waals surface area contributed by atoms with Gasteiger partial charge in [-0.25, -0.2) is 8.42 Å². The molecule has 1 amide bonds. The van der Waals surface area contributed by atoms with Gasteiger partial charge in [-0.1, -0.05) is 18.2 Å². The van der Waals surface area contributed by atoms with Crippen molar-refractivity contribution in [1.29, 1.82) is 0 Å². The fourth-order valence-electron chi connectivity index (χ4n) is 3.30. The zero-order chi connectivity index (χ0) is 16.4. The van der Waals surface area contributed by atoms with Gasteiger partial charge in [0.05, 0.1) is 4.90 Å². The number of alkyl halides is 1. The lowest BCUT2D eigenvalue weighted by Gasteiger charge is -2.39. The molecule has 6 nitrogen and oxygen atoms in total. The van der Waals surface area contributed by atoms with E-state index in [0.29, 0.717) is 24.5 Å². The smallest absolute Gasteiger partial charge is 0.243 e.